The van der Waals surface area contributed by atoms with Crippen LogP contribution in [0.25, 0.3) is 5.69 Å². The van der Waals surface area contributed by atoms with Gasteiger partial charge in [-0.1, -0.05) is 0 Å². The minimum absolute atomic E-state index is 0.159. The van der Waals surface area contributed by atoms with Crippen molar-refractivity contribution < 1.29 is 19.4 Å². The maximum absolute atomic E-state index is 11.5. The summed E-state index contributed by atoms with van der Waals surface area (Å²) in [6, 6.07) is 4.69. The first kappa shape index (κ1) is 14.3. The number of ether oxygens (including phenoxy) is 1. The lowest BCUT2D eigenvalue weighted by molar-refractivity contribution is 0.0526. The third-order valence-corrected chi connectivity index (χ3v) is 3.20. The highest BCUT2D eigenvalue weighted by Gasteiger charge is 2.12. The molecule has 0 spiro atoms. The number of carboxylic acids is 1. The second-order valence-corrected chi connectivity index (χ2v) is 4.72. The summed E-state index contributed by atoms with van der Waals surface area (Å²) in [7, 11) is 0. The quantitative estimate of drug-likeness (QED) is 0.866. The molecule has 1 N–H and O–H groups in total. The number of rotatable bonds is 4. The first-order valence-electron chi connectivity index (χ1n) is 5.78. The number of carbonyl (C=O) groups excluding carboxylic acids is 1. The van der Waals surface area contributed by atoms with Crippen molar-refractivity contribution in [3.8, 4) is 5.69 Å². The molecular formula is C13H11BrN2O4. The molecular weight excluding hydrogens is 328 g/mol. The number of carbonyl (C=O) groups is 2. The van der Waals surface area contributed by atoms with E-state index in [-0.39, 0.29) is 5.56 Å². The van der Waals surface area contributed by atoms with Crippen LogP contribution in [0, 0.1) is 0 Å². The third-order valence-electron chi connectivity index (χ3n) is 2.54. The molecule has 0 amide bonds. The summed E-state index contributed by atoms with van der Waals surface area (Å²) < 4.78 is 6.79. The smallest absolute Gasteiger partial charge is 0.341 e. The molecule has 104 valence electrons. The van der Waals surface area contributed by atoms with Crippen LogP contribution in [0.4, 0.5) is 0 Å². The number of benzene rings is 1. The molecule has 1 heterocycles. The molecule has 0 saturated heterocycles. The average Bonchev–Trinajstić information content (AvgIpc) is 2.88. The molecule has 1 aromatic carbocycles. The summed E-state index contributed by atoms with van der Waals surface area (Å²) in [5.41, 5.74) is 1.13. The molecule has 0 bridgehead atoms. The lowest BCUT2D eigenvalue weighted by Gasteiger charge is -2.04. The highest BCUT2D eigenvalue weighted by atomic mass is 79.9. The van der Waals surface area contributed by atoms with Crippen molar-refractivity contribution in [3.63, 3.8) is 0 Å². The first-order valence-corrected chi connectivity index (χ1v) is 6.57. The second-order valence-electron chi connectivity index (χ2n) is 3.86. The number of esters is 1. The number of carboxylic acid groups (broad SMARTS) is 1. The molecule has 2 rings (SSSR count). The molecule has 7 heteroatoms. The molecule has 0 fully saturated rings. The van der Waals surface area contributed by atoms with Gasteiger partial charge in [-0.25, -0.2) is 14.3 Å². The van der Waals surface area contributed by atoms with Crippen molar-refractivity contribution in [2.75, 3.05) is 6.61 Å². The van der Waals surface area contributed by atoms with E-state index in [4.69, 9.17) is 9.84 Å². The molecule has 6 nitrogen and oxygen atoms in total. The lowest BCUT2D eigenvalue weighted by Crippen LogP contribution is -2.03. The fourth-order valence-corrected chi connectivity index (χ4v) is 2.14. The standard InChI is InChI=1S/C13H11BrN2O4/c1-2-20-13(19)8-6-15-16(7-8)9-3-4-10(12(17)18)11(14)5-9/h3-7H,2H2,1H3,(H,17,18). The fraction of sp³-hybridized carbons (Fsp3) is 0.154. The van der Waals surface area contributed by atoms with Gasteiger partial charge in [-0.2, -0.15) is 5.10 Å². The molecule has 0 aliphatic heterocycles. The normalized spacial score (nSPS) is 10.3. The molecule has 0 saturated carbocycles. The van der Waals surface area contributed by atoms with Gasteiger partial charge in [-0.05, 0) is 41.1 Å². The van der Waals surface area contributed by atoms with E-state index in [0.29, 0.717) is 22.3 Å². The summed E-state index contributed by atoms with van der Waals surface area (Å²) in [5.74, 6) is -1.46. The van der Waals surface area contributed by atoms with Gasteiger partial charge in [-0.15, -0.1) is 0 Å². The molecule has 0 radical (unpaired) electrons. The average molecular weight is 339 g/mol. The summed E-state index contributed by atoms with van der Waals surface area (Å²) in [5, 5.41) is 13.0. The van der Waals surface area contributed by atoms with E-state index in [1.54, 1.807) is 19.1 Å². The van der Waals surface area contributed by atoms with E-state index in [1.807, 2.05) is 0 Å². The number of aromatic nitrogens is 2. The Labute approximate surface area is 123 Å². The largest absolute Gasteiger partial charge is 0.478 e. The van der Waals surface area contributed by atoms with Gasteiger partial charge in [0.25, 0.3) is 0 Å². The van der Waals surface area contributed by atoms with E-state index >= 15 is 0 Å². The van der Waals surface area contributed by atoms with Crippen molar-refractivity contribution >= 4 is 27.9 Å². The number of halogens is 1. The zero-order valence-electron chi connectivity index (χ0n) is 10.5. The zero-order valence-corrected chi connectivity index (χ0v) is 12.1. The van der Waals surface area contributed by atoms with Crippen LogP contribution >= 0.6 is 15.9 Å². The number of aromatic carboxylic acids is 1. The van der Waals surface area contributed by atoms with Gasteiger partial charge < -0.3 is 9.84 Å². The Balaban J connectivity index is 2.31. The van der Waals surface area contributed by atoms with Crippen LogP contribution < -0.4 is 0 Å². The monoisotopic (exact) mass is 338 g/mol. The molecule has 0 unspecified atom stereocenters. The van der Waals surface area contributed by atoms with E-state index < -0.39 is 11.9 Å². The van der Waals surface area contributed by atoms with Gasteiger partial charge in [0.05, 0.1) is 29.6 Å². The summed E-state index contributed by atoms with van der Waals surface area (Å²) in [6.07, 6.45) is 2.93. The van der Waals surface area contributed by atoms with Gasteiger partial charge in [0.15, 0.2) is 0 Å². The molecule has 0 aliphatic rings. The van der Waals surface area contributed by atoms with Gasteiger partial charge in [0, 0.05) is 10.7 Å². The van der Waals surface area contributed by atoms with E-state index in [9.17, 15) is 9.59 Å². The minimum Gasteiger partial charge on any atom is -0.478 e. The predicted molar refractivity (Wildman–Crippen MR) is 74.2 cm³/mol. The van der Waals surface area contributed by atoms with Gasteiger partial charge in [0.1, 0.15) is 0 Å². The molecule has 20 heavy (non-hydrogen) atoms. The topological polar surface area (TPSA) is 81.4 Å². The van der Waals surface area contributed by atoms with Crippen molar-refractivity contribution in [2.45, 2.75) is 6.92 Å². The van der Waals surface area contributed by atoms with Crippen molar-refractivity contribution in [3.05, 3.63) is 46.2 Å². The molecule has 0 atom stereocenters. The second kappa shape index (κ2) is 5.87. The van der Waals surface area contributed by atoms with Crippen molar-refractivity contribution in [1.29, 1.82) is 0 Å². The lowest BCUT2D eigenvalue weighted by atomic mass is 10.2. The Kier molecular flexibility index (Phi) is 4.19. The van der Waals surface area contributed by atoms with Crippen LogP contribution in [0.1, 0.15) is 27.6 Å². The van der Waals surface area contributed by atoms with Crippen LogP contribution in [0.3, 0.4) is 0 Å². The third kappa shape index (κ3) is 2.88. The maximum atomic E-state index is 11.5. The van der Waals surface area contributed by atoms with Crippen LogP contribution in [0.15, 0.2) is 35.1 Å². The van der Waals surface area contributed by atoms with Crippen LogP contribution in [-0.2, 0) is 4.74 Å². The predicted octanol–water partition coefficient (Wildman–Crippen LogP) is 2.51. The molecule has 0 aliphatic carbocycles. The Morgan fingerprint density at radius 2 is 2.20 bits per heavy atom. The minimum atomic E-state index is -1.02. The van der Waals surface area contributed by atoms with E-state index in [0.717, 1.165) is 0 Å². The maximum Gasteiger partial charge on any atom is 0.341 e. The van der Waals surface area contributed by atoms with E-state index in [1.165, 1.54) is 23.1 Å². The Morgan fingerprint density at radius 3 is 2.80 bits per heavy atom. The van der Waals surface area contributed by atoms with Gasteiger partial charge in [0.2, 0.25) is 0 Å². The molecule has 2 aromatic rings. The highest BCUT2D eigenvalue weighted by Crippen LogP contribution is 2.21. The summed E-state index contributed by atoms with van der Waals surface area (Å²) in [4.78, 5) is 22.5. The highest BCUT2D eigenvalue weighted by molar-refractivity contribution is 9.10. The van der Waals surface area contributed by atoms with Crippen LogP contribution in [-0.4, -0.2) is 33.4 Å². The fourth-order valence-electron chi connectivity index (χ4n) is 1.60. The molecule has 1 aromatic heterocycles. The SMILES string of the molecule is CCOC(=O)c1cnn(-c2ccc(C(=O)O)c(Br)c2)c1. The van der Waals surface area contributed by atoms with Crippen LogP contribution in [0.2, 0.25) is 0 Å². The number of nitrogens with zero attached hydrogens (tertiary/aromatic N) is 2. The Hall–Kier alpha value is -2.15. The van der Waals surface area contributed by atoms with Crippen molar-refractivity contribution in [1.82, 2.24) is 9.78 Å². The van der Waals surface area contributed by atoms with Gasteiger partial charge >= 0.3 is 11.9 Å². The Morgan fingerprint density at radius 1 is 1.45 bits per heavy atom. The zero-order chi connectivity index (χ0) is 14.7. The number of hydrogen-bond donors (Lipinski definition) is 1. The summed E-state index contributed by atoms with van der Waals surface area (Å²) in [6.45, 7) is 2.02. The van der Waals surface area contributed by atoms with Gasteiger partial charge in [-0.3, -0.25) is 0 Å². The van der Waals surface area contributed by atoms with Crippen molar-refractivity contribution in [2.24, 2.45) is 0 Å². The summed E-state index contributed by atoms with van der Waals surface area (Å²) >= 11 is 3.19. The van der Waals surface area contributed by atoms with E-state index in [2.05, 4.69) is 21.0 Å². The van der Waals surface area contributed by atoms with Crippen LogP contribution in [0.5, 0.6) is 0 Å². The Bertz CT molecular complexity index is 666. The number of hydrogen-bond acceptors (Lipinski definition) is 4. The first-order chi connectivity index (χ1) is 9.52.